The standard InChI is InChI=1S/C15H25N3O3/c1-15(2,3)12(19)10-17-6-8-18(9-7-17)14(21)11-4-5-13(20)16-11/h11H,4-10H2,1-3H3,(H,16,20). The summed E-state index contributed by atoms with van der Waals surface area (Å²) in [6.45, 7) is 8.92. The van der Waals surface area contributed by atoms with Crippen molar-refractivity contribution < 1.29 is 14.4 Å². The molecule has 0 aromatic heterocycles. The normalized spacial score (nSPS) is 24.0. The smallest absolute Gasteiger partial charge is 0.245 e. The SMILES string of the molecule is CC(C)(C)C(=O)CN1CCN(C(=O)C2CCC(=O)N2)CC1. The van der Waals surface area contributed by atoms with E-state index < -0.39 is 0 Å². The van der Waals surface area contributed by atoms with Crippen LogP contribution >= 0.6 is 0 Å². The lowest BCUT2D eigenvalue weighted by atomic mass is 9.90. The topological polar surface area (TPSA) is 69.7 Å². The van der Waals surface area contributed by atoms with Gasteiger partial charge in [-0.25, -0.2) is 0 Å². The highest BCUT2D eigenvalue weighted by Gasteiger charge is 2.33. The Morgan fingerprint density at radius 2 is 1.81 bits per heavy atom. The van der Waals surface area contributed by atoms with E-state index in [9.17, 15) is 14.4 Å². The molecule has 1 unspecified atom stereocenters. The molecule has 2 saturated heterocycles. The third-order valence-electron chi connectivity index (χ3n) is 4.18. The van der Waals surface area contributed by atoms with Crippen LogP contribution in [-0.4, -0.2) is 66.2 Å². The summed E-state index contributed by atoms with van der Waals surface area (Å²) in [6.07, 6.45) is 1.04. The predicted molar refractivity (Wildman–Crippen MR) is 78.6 cm³/mol. The molecule has 0 aliphatic carbocycles. The minimum Gasteiger partial charge on any atom is -0.344 e. The number of piperazine rings is 1. The highest BCUT2D eigenvalue weighted by Crippen LogP contribution is 2.16. The minimum absolute atomic E-state index is 0.0163. The molecule has 1 atom stereocenters. The van der Waals surface area contributed by atoms with Crippen LogP contribution < -0.4 is 5.32 Å². The second kappa shape index (κ2) is 6.13. The van der Waals surface area contributed by atoms with Crippen molar-refractivity contribution in [1.82, 2.24) is 15.1 Å². The molecule has 0 bridgehead atoms. The molecule has 2 aliphatic heterocycles. The molecule has 2 heterocycles. The van der Waals surface area contributed by atoms with Crippen LogP contribution in [0.3, 0.4) is 0 Å². The number of carbonyl (C=O) groups excluding carboxylic acids is 3. The van der Waals surface area contributed by atoms with E-state index in [-0.39, 0.29) is 29.1 Å². The first-order chi connectivity index (χ1) is 9.77. The summed E-state index contributed by atoms with van der Waals surface area (Å²) in [5.41, 5.74) is -0.318. The third-order valence-corrected chi connectivity index (χ3v) is 4.18. The van der Waals surface area contributed by atoms with Gasteiger partial charge in [0, 0.05) is 38.0 Å². The van der Waals surface area contributed by atoms with Gasteiger partial charge in [0.2, 0.25) is 11.8 Å². The molecule has 6 heteroatoms. The fourth-order valence-corrected chi connectivity index (χ4v) is 2.59. The number of Topliss-reactive ketones (excluding diaryl/α,β-unsaturated/α-hetero) is 1. The number of hydrogen-bond donors (Lipinski definition) is 1. The van der Waals surface area contributed by atoms with Crippen LogP contribution in [-0.2, 0) is 14.4 Å². The van der Waals surface area contributed by atoms with Gasteiger partial charge in [0.15, 0.2) is 5.78 Å². The van der Waals surface area contributed by atoms with Crippen LogP contribution in [0.4, 0.5) is 0 Å². The van der Waals surface area contributed by atoms with E-state index in [0.29, 0.717) is 45.6 Å². The number of nitrogens with zero attached hydrogens (tertiary/aromatic N) is 2. The lowest BCUT2D eigenvalue weighted by Gasteiger charge is -2.36. The Labute approximate surface area is 125 Å². The maximum atomic E-state index is 12.3. The van der Waals surface area contributed by atoms with Crippen LogP contribution in [0.5, 0.6) is 0 Å². The van der Waals surface area contributed by atoms with Crippen molar-refractivity contribution in [3.63, 3.8) is 0 Å². The van der Waals surface area contributed by atoms with E-state index in [1.807, 2.05) is 20.8 Å². The molecule has 21 heavy (non-hydrogen) atoms. The molecule has 0 aromatic carbocycles. The van der Waals surface area contributed by atoms with Gasteiger partial charge in [0.05, 0.1) is 6.54 Å². The van der Waals surface area contributed by atoms with Crippen molar-refractivity contribution >= 4 is 17.6 Å². The third kappa shape index (κ3) is 4.03. The molecule has 0 spiro atoms. The van der Waals surface area contributed by atoms with Crippen LogP contribution in [0.15, 0.2) is 0 Å². The quantitative estimate of drug-likeness (QED) is 0.797. The van der Waals surface area contributed by atoms with Crippen LogP contribution in [0, 0.1) is 5.41 Å². The van der Waals surface area contributed by atoms with Crippen molar-refractivity contribution in [2.24, 2.45) is 5.41 Å². The van der Waals surface area contributed by atoms with E-state index in [1.54, 1.807) is 4.90 Å². The maximum Gasteiger partial charge on any atom is 0.245 e. The van der Waals surface area contributed by atoms with Gasteiger partial charge in [-0.05, 0) is 6.42 Å². The number of carbonyl (C=O) groups is 3. The molecule has 2 fully saturated rings. The number of rotatable bonds is 3. The zero-order valence-electron chi connectivity index (χ0n) is 13.1. The van der Waals surface area contributed by atoms with Crippen molar-refractivity contribution in [2.45, 2.75) is 39.7 Å². The van der Waals surface area contributed by atoms with E-state index in [0.717, 1.165) is 0 Å². The van der Waals surface area contributed by atoms with Crippen molar-refractivity contribution in [3.8, 4) is 0 Å². The Morgan fingerprint density at radius 1 is 1.19 bits per heavy atom. The second-order valence-corrected chi connectivity index (χ2v) is 6.93. The average Bonchev–Trinajstić information content (AvgIpc) is 2.84. The number of ketones is 1. The van der Waals surface area contributed by atoms with E-state index in [2.05, 4.69) is 10.2 Å². The van der Waals surface area contributed by atoms with Crippen molar-refractivity contribution in [3.05, 3.63) is 0 Å². The first-order valence-electron chi connectivity index (χ1n) is 7.61. The van der Waals surface area contributed by atoms with Crippen LogP contribution in [0.25, 0.3) is 0 Å². The largest absolute Gasteiger partial charge is 0.344 e. The first kappa shape index (κ1) is 15.9. The Morgan fingerprint density at radius 3 is 2.29 bits per heavy atom. The molecule has 118 valence electrons. The van der Waals surface area contributed by atoms with Crippen molar-refractivity contribution in [1.29, 1.82) is 0 Å². The monoisotopic (exact) mass is 295 g/mol. The fraction of sp³-hybridized carbons (Fsp3) is 0.800. The summed E-state index contributed by atoms with van der Waals surface area (Å²) in [7, 11) is 0. The van der Waals surface area contributed by atoms with E-state index in [4.69, 9.17) is 0 Å². The Kier molecular flexibility index (Phi) is 4.66. The van der Waals surface area contributed by atoms with Crippen LogP contribution in [0.2, 0.25) is 0 Å². The summed E-state index contributed by atoms with van der Waals surface area (Å²) in [5, 5.41) is 2.72. The summed E-state index contributed by atoms with van der Waals surface area (Å²) in [6, 6.07) is -0.347. The van der Waals surface area contributed by atoms with Crippen LogP contribution in [0.1, 0.15) is 33.6 Å². The molecular weight excluding hydrogens is 270 g/mol. The Bertz CT molecular complexity index is 434. The van der Waals surface area contributed by atoms with Crippen molar-refractivity contribution in [2.75, 3.05) is 32.7 Å². The second-order valence-electron chi connectivity index (χ2n) is 6.93. The van der Waals surface area contributed by atoms with Gasteiger partial charge in [-0.2, -0.15) is 0 Å². The zero-order chi connectivity index (χ0) is 15.6. The lowest BCUT2D eigenvalue weighted by Crippen LogP contribution is -2.54. The van der Waals surface area contributed by atoms with Gasteiger partial charge < -0.3 is 10.2 Å². The van der Waals surface area contributed by atoms with Gasteiger partial charge in [-0.3, -0.25) is 19.3 Å². The molecule has 1 N–H and O–H groups in total. The van der Waals surface area contributed by atoms with E-state index >= 15 is 0 Å². The Hall–Kier alpha value is -1.43. The summed E-state index contributed by atoms with van der Waals surface area (Å²) >= 11 is 0. The minimum atomic E-state index is -0.347. The summed E-state index contributed by atoms with van der Waals surface area (Å²) in [4.78, 5) is 39.4. The molecule has 0 aromatic rings. The zero-order valence-corrected chi connectivity index (χ0v) is 13.1. The number of nitrogens with one attached hydrogen (secondary N) is 1. The molecule has 2 amide bonds. The molecule has 0 radical (unpaired) electrons. The average molecular weight is 295 g/mol. The van der Waals surface area contributed by atoms with Gasteiger partial charge in [0.25, 0.3) is 0 Å². The number of amides is 2. The summed E-state index contributed by atoms with van der Waals surface area (Å²) in [5.74, 6) is 0.204. The lowest BCUT2D eigenvalue weighted by molar-refractivity contribution is -0.136. The predicted octanol–water partition coefficient (Wildman–Crippen LogP) is 0.0244. The highest BCUT2D eigenvalue weighted by molar-refractivity contribution is 5.91. The molecule has 2 rings (SSSR count). The summed E-state index contributed by atoms with van der Waals surface area (Å²) < 4.78 is 0. The highest BCUT2D eigenvalue weighted by atomic mass is 16.2. The fourth-order valence-electron chi connectivity index (χ4n) is 2.59. The van der Waals surface area contributed by atoms with E-state index in [1.165, 1.54) is 0 Å². The maximum absolute atomic E-state index is 12.3. The van der Waals surface area contributed by atoms with Gasteiger partial charge in [-0.1, -0.05) is 20.8 Å². The first-order valence-corrected chi connectivity index (χ1v) is 7.61. The van der Waals surface area contributed by atoms with Gasteiger partial charge in [-0.15, -0.1) is 0 Å². The van der Waals surface area contributed by atoms with Gasteiger partial charge in [0.1, 0.15) is 6.04 Å². The Balaban J connectivity index is 1.79. The molecule has 2 aliphatic rings. The number of hydrogen-bond acceptors (Lipinski definition) is 4. The molecular formula is C15H25N3O3. The molecule has 0 saturated carbocycles. The van der Waals surface area contributed by atoms with Gasteiger partial charge >= 0.3 is 0 Å². The molecule has 6 nitrogen and oxygen atoms in total.